The molecule has 0 atom stereocenters. The van der Waals surface area contributed by atoms with Crippen molar-refractivity contribution in [3.05, 3.63) is 40.1 Å². The molecule has 0 spiro atoms. The maximum atomic E-state index is 10.6. The van der Waals surface area contributed by atoms with E-state index in [9.17, 15) is 13.2 Å². The van der Waals surface area contributed by atoms with Crippen LogP contribution in [-0.2, 0) is 11.2 Å². The van der Waals surface area contributed by atoms with Crippen LogP contribution in [0.4, 0.5) is 30.6 Å². The van der Waals surface area contributed by atoms with Gasteiger partial charge in [-0.25, -0.2) is 9.78 Å². The minimum Gasteiger partial charge on any atom is -0.475 e. The number of likely N-dealkylation sites (N-methyl/N-ethyl adjacent to an activating group) is 1. The Balaban J connectivity index is 0.000000454. The number of nitrogens with zero attached hydrogens (tertiary/aromatic N) is 5. The smallest absolute Gasteiger partial charge is 0.475 e. The summed E-state index contributed by atoms with van der Waals surface area (Å²) in [5, 5.41) is 10.6. The lowest BCUT2D eigenvalue weighted by molar-refractivity contribution is -0.192. The fraction of sp³-hybridized carbons (Fsp3) is 0.560. The number of benzene rings is 1. The number of nitrogens with one attached hydrogen (secondary N) is 1. The molecule has 1 aromatic carbocycles. The lowest BCUT2D eigenvalue weighted by Gasteiger charge is -2.33. The lowest BCUT2D eigenvalue weighted by atomic mass is 10.1. The number of hydrogen-bond acceptors (Lipinski definition) is 7. The third-order valence-electron chi connectivity index (χ3n) is 6.56. The summed E-state index contributed by atoms with van der Waals surface area (Å²) in [7, 11) is 2.21. The molecule has 3 heterocycles. The molecule has 1 aromatic heterocycles. The zero-order valence-electron chi connectivity index (χ0n) is 21.5. The second-order valence-electron chi connectivity index (χ2n) is 9.52. The van der Waals surface area contributed by atoms with Crippen molar-refractivity contribution >= 4 is 23.4 Å². The summed E-state index contributed by atoms with van der Waals surface area (Å²) >= 11 is 0. The van der Waals surface area contributed by atoms with Gasteiger partial charge in [-0.15, -0.1) is 0 Å². The van der Waals surface area contributed by atoms with Gasteiger partial charge in [-0.05, 0) is 52.3 Å². The largest absolute Gasteiger partial charge is 0.490 e. The predicted octanol–water partition coefficient (Wildman–Crippen LogP) is 3.70. The van der Waals surface area contributed by atoms with Gasteiger partial charge in [0.05, 0.1) is 0 Å². The van der Waals surface area contributed by atoms with E-state index < -0.39 is 12.1 Å². The monoisotopic (exact) mass is 508 g/mol. The molecular formula is C25H35F3N6O2. The van der Waals surface area contributed by atoms with Crippen LogP contribution in [0.3, 0.4) is 0 Å². The lowest BCUT2D eigenvalue weighted by Crippen LogP contribution is -2.46. The van der Waals surface area contributed by atoms with Crippen molar-refractivity contribution in [1.29, 1.82) is 0 Å². The number of rotatable bonds is 5. The topological polar surface area (TPSA) is 84.8 Å². The Labute approximate surface area is 210 Å². The van der Waals surface area contributed by atoms with Crippen LogP contribution < -0.4 is 10.2 Å². The average molecular weight is 509 g/mol. The summed E-state index contributed by atoms with van der Waals surface area (Å²) in [6.07, 6.45) is -4.03. The van der Waals surface area contributed by atoms with E-state index in [2.05, 4.69) is 66.9 Å². The molecule has 0 unspecified atom stereocenters. The standard InChI is InChI=1S/C23H34N6.C2HF3O2/c1-16-14-17(2)21(18(3)15-16)25-23-24-19(4)20-6-7-29(22(20)26-23)13-12-28-10-8-27(5)9-11-28;3-2(4,5)1(6)7/h14-15H,6-13H2,1-5H3,(H,24,25,26);(H,6,7). The van der Waals surface area contributed by atoms with Crippen molar-refractivity contribution < 1.29 is 23.1 Å². The molecule has 0 amide bonds. The number of fused-ring (bicyclic) bond motifs is 1. The quantitative estimate of drug-likeness (QED) is 0.633. The van der Waals surface area contributed by atoms with Crippen LogP contribution in [0.5, 0.6) is 0 Å². The number of hydrogen-bond donors (Lipinski definition) is 2. The van der Waals surface area contributed by atoms with Crippen LogP contribution in [0, 0.1) is 27.7 Å². The number of piperazine rings is 1. The van der Waals surface area contributed by atoms with Gasteiger partial charge in [0.15, 0.2) is 0 Å². The summed E-state index contributed by atoms with van der Waals surface area (Å²) in [5.41, 5.74) is 7.28. The van der Waals surface area contributed by atoms with Gasteiger partial charge in [0.25, 0.3) is 0 Å². The Morgan fingerprint density at radius 3 is 2.14 bits per heavy atom. The molecule has 2 aliphatic heterocycles. The highest BCUT2D eigenvalue weighted by Crippen LogP contribution is 2.31. The minimum atomic E-state index is -5.08. The van der Waals surface area contributed by atoms with Gasteiger partial charge in [-0.1, -0.05) is 17.7 Å². The molecule has 1 saturated heterocycles. The van der Waals surface area contributed by atoms with E-state index >= 15 is 0 Å². The zero-order valence-corrected chi connectivity index (χ0v) is 21.5. The van der Waals surface area contributed by atoms with Crippen molar-refractivity contribution in [2.75, 3.05) is 63.1 Å². The molecule has 4 rings (SSSR count). The fourth-order valence-electron chi connectivity index (χ4n) is 4.58. The highest BCUT2D eigenvalue weighted by Gasteiger charge is 2.38. The van der Waals surface area contributed by atoms with Crippen LogP contribution in [0.2, 0.25) is 0 Å². The van der Waals surface area contributed by atoms with Gasteiger partial charge in [-0.2, -0.15) is 18.2 Å². The Morgan fingerprint density at radius 1 is 1.00 bits per heavy atom. The van der Waals surface area contributed by atoms with Crippen molar-refractivity contribution in [1.82, 2.24) is 19.8 Å². The van der Waals surface area contributed by atoms with Gasteiger partial charge >= 0.3 is 12.1 Å². The number of halogens is 3. The molecule has 0 aliphatic carbocycles. The van der Waals surface area contributed by atoms with E-state index in [0.717, 1.165) is 43.3 Å². The summed E-state index contributed by atoms with van der Waals surface area (Å²) in [5.74, 6) is -0.924. The number of alkyl halides is 3. The fourth-order valence-corrected chi connectivity index (χ4v) is 4.58. The van der Waals surface area contributed by atoms with Crippen molar-refractivity contribution in [3.63, 3.8) is 0 Å². The van der Waals surface area contributed by atoms with Crippen molar-refractivity contribution in [2.45, 2.75) is 40.3 Å². The predicted molar refractivity (Wildman–Crippen MR) is 134 cm³/mol. The van der Waals surface area contributed by atoms with Crippen LogP contribution in [0.15, 0.2) is 12.1 Å². The molecule has 0 radical (unpaired) electrons. The third kappa shape index (κ3) is 7.07. The summed E-state index contributed by atoms with van der Waals surface area (Å²) < 4.78 is 31.7. The normalized spacial score (nSPS) is 16.4. The summed E-state index contributed by atoms with van der Waals surface area (Å²) in [6, 6.07) is 4.41. The maximum Gasteiger partial charge on any atom is 0.490 e. The summed E-state index contributed by atoms with van der Waals surface area (Å²) in [4.78, 5) is 26.0. The van der Waals surface area contributed by atoms with Gasteiger partial charge < -0.3 is 20.2 Å². The minimum absolute atomic E-state index is 0.711. The highest BCUT2D eigenvalue weighted by atomic mass is 19.4. The second kappa shape index (κ2) is 11.4. The molecular weight excluding hydrogens is 473 g/mol. The Hall–Kier alpha value is -2.92. The number of carboxylic acid groups (broad SMARTS) is 1. The SMILES string of the molecule is Cc1cc(C)c(Nc2nc(C)c3c(n2)N(CCN2CCN(C)CC2)CC3)c(C)c1.O=C(O)C(F)(F)F. The molecule has 198 valence electrons. The van der Waals surface area contributed by atoms with Gasteiger partial charge in [0.2, 0.25) is 5.95 Å². The molecule has 2 aromatic rings. The Morgan fingerprint density at radius 2 is 1.58 bits per heavy atom. The number of aliphatic carboxylic acids is 1. The Kier molecular flexibility index (Phi) is 8.78. The van der Waals surface area contributed by atoms with Gasteiger partial charge in [0, 0.05) is 62.8 Å². The molecule has 8 nitrogen and oxygen atoms in total. The van der Waals surface area contributed by atoms with Crippen LogP contribution in [0.1, 0.15) is 27.9 Å². The molecule has 36 heavy (non-hydrogen) atoms. The van der Waals surface area contributed by atoms with Crippen molar-refractivity contribution in [3.8, 4) is 0 Å². The van der Waals surface area contributed by atoms with Crippen LogP contribution >= 0.6 is 0 Å². The van der Waals surface area contributed by atoms with Crippen molar-refractivity contribution in [2.24, 2.45) is 0 Å². The molecule has 11 heteroatoms. The van der Waals surface area contributed by atoms with E-state index in [0.29, 0.717) is 5.95 Å². The molecule has 1 fully saturated rings. The zero-order chi connectivity index (χ0) is 26.6. The number of aryl methyl sites for hydroxylation is 4. The maximum absolute atomic E-state index is 10.6. The first-order valence-corrected chi connectivity index (χ1v) is 12.0. The number of carbonyl (C=O) groups is 1. The Bertz CT molecular complexity index is 1060. The van der Waals surface area contributed by atoms with Crippen LogP contribution in [-0.4, -0.2) is 89.9 Å². The van der Waals surface area contributed by atoms with E-state index in [1.54, 1.807) is 0 Å². The first-order valence-electron chi connectivity index (χ1n) is 12.0. The van der Waals surface area contributed by atoms with E-state index in [-0.39, 0.29) is 0 Å². The molecule has 0 saturated carbocycles. The second-order valence-corrected chi connectivity index (χ2v) is 9.52. The molecule has 0 bridgehead atoms. The number of anilines is 3. The van der Waals surface area contributed by atoms with E-state index in [1.807, 2.05) is 0 Å². The van der Waals surface area contributed by atoms with Crippen LogP contribution in [0.25, 0.3) is 0 Å². The average Bonchev–Trinajstić information content (AvgIpc) is 3.19. The van der Waals surface area contributed by atoms with E-state index in [4.69, 9.17) is 19.9 Å². The third-order valence-corrected chi connectivity index (χ3v) is 6.56. The summed E-state index contributed by atoms with van der Waals surface area (Å²) in [6.45, 7) is 16.4. The van der Waals surface area contributed by atoms with Gasteiger partial charge in [-0.3, -0.25) is 4.90 Å². The first-order chi connectivity index (χ1) is 16.8. The molecule has 2 N–H and O–H groups in total. The highest BCUT2D eigenvalue weighted by molar-refractivity contribution is 5.73. The first kappa shape index (κ1) is 27.7. The van der Waals surface area contributed by atoms with E-state index in [1.165, 1.54) is 48.4 Å². The molecule has 2 aliphatic rings. The van der Waals surface area contributed by atoms with Gasteiger partial charge in [0.1, 0.15) is 5.82 Å². The number of carboxylic acids is 1. The number of aromatic nitrogens is 2.